The number of carbonyl (C=O) groups is 1. The lowest BCUT2D eigenvalue weighted by Gasteiger charge is -2.07. The second kappa shape index (κ2) is 4.53. The fourth-order valence-corrected chi connectivity index (χ4v) is 1.34. The van der Waals surface area contributed by atoms with Crippen LogP contribution in [0.15, 0.2) is 22.7 Å². The molecule has 6 heteroatoms. The molecule has 1 nitrogen and oxygen atoms in total. The molecule has 0 aliphatic heterocycles. The molecule has 0 N–H and O–H groups in total. The molecule has 0 aliphatic rings. The van der Waals surface area contributed by atoms with Gasteiger partial charge in [0, 0.05) is 10.9 Å². The molecule has 82 valence electrons. The van der Waals surface area contributed by atoms with E-state index in [1.165, 1.54) is 12.1 Å². The maximum atomic E-state index is 13.1. The number of benzene rings is 1. The van der Waals surface area contributed by atoms with Crippen LogP contribution in [0.25, 0.3) is 0 Å². The monoisotopic (exact) mass is 300 g/mol. The fraction of sp³-hybridized carbons (Fsp3) is 0.222. The summed E-state index contributed by atoms with van der Waals surface area (Å²) in [6.07, 6.45) is -0.727. The normalized spacial score (nSPS) is 11.5. The van der Waals surface area contributed by atoms with E-state index in [-0.39, 0.29) is 5.56 Å². The van der Waals surface area contributed by atoms with Crippen LogP contribution in [0.3, 0.4) is 0 Å². The number of hydrogen-bond donors (Lipinski definition) is 0. The fourth-order valence-electron chi connectivity index (χ4n) is 0.938. The minimum absolute atomic E-state index is 0.108. The number of rotatable bonds is 3. The Morgan fingerprint density at radius 2 is 2.07 bits per heavy atom. The summed E-state index contributed by atoms with van der Waals surface area (Å²) in [5, 5.41) is -3.94. The van der Waals surface area contributed by atoms with Gasteiger partial charge in [0.05, 0.1) is 0 Å². The topological polar surface area (TPSA) is 17.1 Å². The first-order valence-electron chi connectivity index (χ1n) is 3.84. The summed E-state index contributed by atoms with van der Waals surface area (Å²) in [6, 6.07) is 3.80. The number of hydrogen-bond acceptors (Lipinski definition) is 1. The number of alkyl halides is 3. The van der Waals surface area contributed by atoms with E-state index in [0.29, 0.717) is 4.47 Å². The van der Waals surface area contributed by atoms with Crippen molar-refractivity contribution >= 4 is 33.3 Å². The third-order valence-electron chi connectivity index (χ3n) is 1.68. The number of carbonyl (C=O) groups excluding carboxylic acids is 1. The van der Waals surface area contributed by atoms with Crippen LogP contribution >= 0.6 is 27.5 Å². The Morgan fingerprint density at radius 1 is 1.47 bits per heavy atom. The molecule has 0 aliphatic carbocycles. The molecule has 15 heavy (non-hydrogen) atoms. The molecular formula is C9H5BrClF3O. The third kappa shape index (κ3) is 3.50. The lowest BCUT2D eigenvalue weighted by atomic mass is 10.1. The average Bonchev–Trinajstić information content (AvgIpc) is 2.08. The predicted molar refractivity (Wildman–Crippen MR) is 53.6 cm³/mol. The average molecular weight is 301 g/mol. The Hall–Kier alpha value is -0.550. The van der Waals surface area contributed by atoms with Crippen molar-refractivity contribution in [2.45, 2.75) is 11.8 Å². The zero-order chi connectivity index (χ0) is 11.6. The van der Waals surface area contributed by atoms with Gasteiger partial charge in [-0.05, 0) is 29.3 Å². The van der Waals surface area contributed by atoms with Crippen molar-refractivity contribution in [1.29, 1.82) is 0 Å². The molecule has 1 aromatic carbocycles. The van der Waals surface area contributed by atoms with Gasteiger partial charge in [0.2, 0.25) is 5.78 Å². The van der Waals surface area contributed by atoms with Gasteiger partial charge in [0.1, 0.15) is 5.82 Å². The van der Waals surface area contributed by atoms with E-state index in [2.05, 4.69) is 27.5 Å². The Morgan fingerprint density at radius 3 is 2.53 bits per heavy atom. The molecule has 0 unspecified atom stereocenters. The predicted octanol–water partition coefficient (Wildman–Crippen LogP) is 3.53. The van der Waals surface area contributed by atoms with Crippen LogP contribution < -0.4 is 0 Å². The zero-order valence-electron chi connectivity index (χ0n) is 7.24. The number of ketones is 1. The molecule has 0 atom stereocenters. The first-order valence-corrected chi connectivity index (χ1v) is 5.02. The molecule has 1 aromatic rings. The Kier molecular flexibility index (Phi) is 3.78. The molecule has 0 fully saturated rings. The highest BCUT2D eigenvalue weighted by molar-refractivity contribution is 9.10. The van der Waals surface area contributed by atoms with Gasteiger partial charge in [0.15, 0.2) is 0 Å². The van der Waals surface area contributed by atoms with Crippen LogP contribution in [0.4, 0.5) is 13.2 Å². The maximum absolute atomic E-state index is 13.1. The Labute approximate surface area is 97.4 Å². The van der Waals surface area contributed by atoms with Gasteiger partial charge in [-0.25, -0.2) is 4.39 Å². The van der Waals surface area contributed by atoms with Gasteiger partial charge in [-0.1, -0.05) is 22.0 Å². The quantitative estimate of drug-likeness (QED) is 0.781. The zero-order valence-corrected chi connectivity index (χ0v) is 9.58. The third-order valence-corrected chi connectivity index (χ3v) is 2.39. The van der Waals surface area contributed by atoms with Crippen molar-refractivity contribution in [2.75, 3.05) is 0 Å². The van der Waals surface area contributed by atoms with Crippen molar-refractivity contribution in [3.63, 3.8) is 0 Å². The van der Waals surface area contributed by atoms with E-state index >= 15 is 0 Å². The molecule has 0 aromatic heterocycles. The highest BCUT2D eigenvalue weighted by Gasteiger charge is 2.35. The first kappa shape index (κ1) is 12.5. The summed E-state index contributed by atoms with van der Waals surface area (Å²) < 4.78 is 38.2. The Bertz CT molecular complexity index is 389. The smallest absolute Gasteiger partial charge is 0.291 e. The van der Waals surface area contributed by atoms with Gasteiger partial charge in [-0.15, -0.1) is 0 Å². The van der Waals surface area contributed by atoms with E-state index in [4.69, 9.17) is 0 Å². The summed E-state index contributed by atoms with van der Waals surface area (Å²) in [7, 11) is 0. The van der Waals surface area contributed by atoms with Gasteiger partial charge in [0.25, 0.3) is 0 Å². The lowest BCUT2D eigenvalue weighted by molar-refractivity contribution is -0.132. The van der Waals surface area contributed by atoms with Crippen LogP contribution in [0.2, 0.25) is 0 Å². The highest BCUT2D eigenvalue weighted by Crippen LogP contribution is 2.23. The van der Waals surface area contributed by atoms with E-state index < -0.39 is 23.4 Å². The maximum Gasteiger partial charge on any atom is 0.380 e. The van der Waals surface area contributed by atoms with Crippen LogP contribution in [-0.2, 0) is 11.2 Å². The molecule has 0 saturated heterocycles. The number of Topliss-reactive ketones (excluding diaryl/α,β-unsaturated/α-hetero) is 1. The molecule has 0 heterocycles. The van der Waals surface area contributed by atoms with Gasteiger partial charge >= 0.3 is 5.38 Å². The van der Waals surface area contributed by atoms with E-state index in [1.54, 1.807) is 0 Å². The van der Waals surface area contributed by atoms with Gasteiger partial charge < -0.3 is 0 Å². The summed E-state index contributed by atoms with van der Waals surface area (Å²) >= 11 is 7.51. The minimum atomic E-state index is -3.94. The molecule has 1 rings (SSSR count). The van der Waals surface area contributed by atoms with Crippen molar-refractivity contribution in [2.24, 2.45) is 0 Å². The molecular weight excluding hydrogens is 296 g/mol. The van der Waals surface area contributed by atoms with E-state index in [0.717, 1.165) is 6.07 Å². The van der Waals surface area contributed by atoms with Crippen LogP contribution in [0.1, 0.15) is 5.56 Å². The summed E-state index contributed by atoms with van der Waals surface area (Å²) in [4.78, 5) is 10.8. The standard InChI is InChI=1S/C9H5BrClF3O/c10-6-2-1-5(7(12)4-6)3-8(15)9(11,13)14/h1-2,4H,3H2. The van der Waals surface area contributed by atoms with Crippen molar-refractivity contribution in [3.05, 3.63) is 34.1 Å². The van der Waals surface area contributed by atoms with Crippen molar-refractivity contribution in [3.8, 4) is 0 Å². The first-order chi connectivity index (χ1) is 6.80. The van der Waals surface area contributed by atoms with E-state index in [9.17, 15) is 18.0 Å². The second-order valence-electron chi connectivity index (χ2n) is 2.83. The van der Waals surface area contributed by atoms with Gasteiger partial charge in [-0.2, -0.15) is 8.78 Å². The minimum Gasteiger partial charge on any atom is -0.291 e. The summed E-state index contributed by atoms with van der Waals surface area (Å²) in [5.74, 6) is -2.25. The second-order valence-corrected chi connectivity index (χ2v) is 4.22. The summed E-state index contributed by atoms with van der Waals surface area (Å²) in [5.41, 5.74) is -0.108. The number of halogens is 5. The van der Waals surface area contributed by atoms with Crippen LogP contribution in [0, 0.1) is 5.82 Å². The van der Waals surface area contributed by atoms with E-state index in [1.807, 2.05) is 0 Å². The van der Waals surface area contributed by atoms with Crippen LogP contribution in [-0.4, -0.2) is 11.2 Å². The summed E-state index contributed by atoms with van der Waals surface area (Å²) in [6.45, 7) is 0. The largest absolute Gasteiger partial charge is 0.380 e. The highest BCUT2D eigenvalue weighted by atomic mass is 79.9. The van der Waals surface area contributed by atoms with Crippen LogP contribution in [0.5, 0.6) is 0 Å². The molecule has 0 saturated carbocycles. The molecule has 0 bridgehead atoms. The molecule has 0 amide bonds. The lowest BCUT2D eigenvalue weighted by Crippen LogP contribution is -2.23. The Balaban J connectivity index is 2.87. The SMILES string of the molecule is O=C(Cc1ccc(Br)cc1F)C(F)(F)Cl. The van der Waals surface area contributed by atoms with Crippen molar-refractivity contribution in [1.82, 2.24) is 0 Å². The molecule has 0 spiro atoms. The van der Waals surface area contributed by atoms with Gasteiger partial charge in [-0.3, -0.25) is 4.79 Å². The molecule has 0 radical (unpaired) electrons. The van der Waals surface area contributed by atoms with Crippen molar-refractivity contribution < 1.29 is 18.0 Å².